The molecule has 1 N–H and O–H groups in total. The molecule has 5 heteroatoms. The van der Waals surface area contributed by atoms with E-state index in [4.69, 9.17) is 9.47 Å². The van der Waals surface area contributed by atoms with Crippen LogP contribution >= 0.6 is 0 Å². The van der Waals surface area contributed by atoms with Gasteiger partial charge >= 0.3 is 0 Å². The molecule has 1 aromatic carbocycles. The second-order valence-corrected chi connectivity index (χ2v) is 5.83. The van der Waals surface area contributed by atoms with Crippen molar-refractivity contribution in [1.82, 2.24) is 4.98 Å². The van der Waals surface area contributed by atoms with E-state index in [1.807, 2.05) is 45.0 Å². The molecule has 0 aliphatic carbocycles. The fraction of sp³-hybridized carbons (Fsp3) is 0.474. The first kappa shape index (κ1) is 18.2. The first-order valence-electron chi connectivity index (χ1n) is 8.51. The van der Waals surface area contributed by atoms with Gasteiger partial charge in [0.25, 0.3) is 5.91 Å². The van der Waals surface area contributed by atoms with Gasteiger partial charge in [-0.1, -0.05) is 13.8 Å². The molecule has 0 radical (unpaired) electrons. The second-order valence-electron chi connectivity index (χ2n) is 5.83. The van der Waals surface area contributed by atoms with Crippen LogP contribution < -0.4 is 10.1 Å². The summed E-state index contributed by atoms with van der Waals surface area (Å²) in [6.45, 7) is 8.82. The average Bonchev–Trinajstić information content (AvgIpc) is 2.61. The van der Waals surface area contributed by atoms with E-state index in [0.717, 1.165) is 23.1 Å². The van der Waals surface area contributed by atoms with Crippen molar-refractivity contribution in [3.8, 4) is 5.75 Å². The maximum Gasteiger partial charge on any atom is 0.256 e. The number of pyridine rings is 1. The van der Waals surface area contributed by atoms with E-state index in [1.54, 1.807) is 6.20 Å². The highest BCUT2D eigenvalue weighted by molar-refractivity contribution is 6.05. The highest BCUT2D eigenvalue weighted by Crippen LogP contribution is 2.31. The number of benzene rings is 1. The quantitative estimate of drug-likeness (QED) is 0.789. The molecule has 0 fully saturated rings. The summed E-state index contributed by atoms with van der Waals surface area (Å²) in [5.74, 6) is 0.577. The summed E-state index contributed by atoms with van der Waals surface area (Å²) >= 11 is 0. The molecule has 0 saturated carbocycles. The summed E-state index contributed by atoms with van der Waals surface area (Å²) in [6.07, 6.45) is 3.25. The van der Waals surface area contributed by atoms with Gasteiger partial charge in [-0.2, -0.15) is 0 Å². The molecule has 130 valence electrons. The number of carbonyl (C=O) groups is 1. The van der Waals surface area contributed by atoms with Crippen molar-refractivity contribution >= 4 is 22.5 Å². The van der Waals surface area contributed by atoms with E-state index >= 15 is 0 Å². The van der Waals surface area contributed by atoms with E-state index in [2.05, 4.69) is 17.2 Å². The predicted molar refractivity (Wildman–Crippen MR) is 96.5 cm³/mol. The lowest BCUT2D eigenvalue weighted by Gasteiger charge is -2.27. The number of nitrogens with zero attached hydrogens (tertiary/aromatic N) is 1. The van der Waals surface area contributed by atoms with Crippen LogP contribution in [0.15, 0.2) is 30.5 Å². The number of rotatable bonds is 8. The summed E-state index contributed by atoms with van der Waals surface area (Å²) in [5.41, 5.74) is 0.616. The van der Waals surface area contributed by atoms with Crippen molar-refractivity contribution in [3.63, 3.8) is 0 Å². The highest BCUT2D eigenvalue weighted by Gasteiger charge is 2.32. The molecule has 0 unspecified atom stereocenters. The SMILES string of the molecule is CCCOc1ccc(NC(=O)[C@](C)(CC)OCC)c2cccnc12. The molecule has 2 aromatic rings. The zero-order valence-corrected chi connectivity index (χ0v) is 14.9. The third-order valence-corrected chi connectivity index (χ3v) is 4.06. The zero-order valence-electron chi connectivity index (χ0n) is 14.9. The smallest absolute Gasteiger partial charge is 0.256 e. The lowest BCUT2D eigenvalue weighted by molar-refractivity contribution is -0.139. The molecule has 24 heavy (non-hydrogen) atoms. The minimum absolute atomic E-state index is 0.153. The topological polar surface area (TPSA) is 60.5 Å². The number of anilines is 1. The molecule has 1 atom stereocenters. The molecule has 2 rings (SSSR count). The molecule has 0 bridgehead atoms. The first-order chi connectivity index (χ1) is 11.6. The number of amides is 1. The van der Waals surface area contributed by atoms with Crippen molar-refractivity contribution in [2.24, 2.45) is 0 Å². The molecule has 0 aliphatic rings. The Balaban J connectivity index is 2.35. The van der Waals surface area contributed by atoms with E-state index in [9.17, 15) is 4.79 Å². The van der Waals surface area contributed by atoms with Gasteiger partial charge in [0.15, 0.2) is 0 Å². The Labute approximate surface area is 143 Å². The Morgan fingerprint density at radius 2 is 2.04 bits per heavy atom. The monoisotopic (exact) mass is 330 g/mol. The fourth-order valence-corrected chi connectivity index (χ4v) is 2.49. The number of fused-ring (bicyclic) bond motifs is 1. The largest absolute Gasteiger partial charge is 0.491 e. The second kappa shape index (κ2) is 8.11. The molecule has 5 nitrogen and oxygen atoms in total. The van der Waals surface area contributed by atoms with Crippen LogP contribution in [0, 0.1) is 0 Å². The van der Waals surface area contributed by atoms with Gasteiger partial charge < -0.3 is 14.8 Å². The summed E-state index contributed by atoms with van der Waals surface area (Å²) in [4.78, 5) is 17.1. The normalized spacial score (nSPS) is 13.5. The Hall–Kier alpha value is -2.14. The maximum absolute atomic E-state index is 12.7. The standard InChI is InChI=1S/C19H26N2O3/c1-5-13-23-16-11-10-15(14-9-8-12-20-17(14)16)21-18(22)19(4,6-2)24-7-3/h8-12H,5-7,13H2,1-4H3,(H,21,22)/t19-/m0/s1. The Kier molecular flexibility index (Phi) is 6.15. The van der Waals surface area contributed by atoms with Crippen LogP contribution in [-0.4, -0.2) is 29.7 Å². The zero-order chi connectivity index (χ0) is 17.6. The Bertz CT molecular complexity index is 702. The lowest BCUT2D eigenvalue weighted by atomic mass is 10.0. The molecule has 1 amide bonds. The Morgan fingerprint density at radius 1 is 1.25 bits per heavy atom. The minimum Gasteiger partial charge on any atom is -0.491 e. The van der Waals surface area contributed by atoms with Crippen molar-refractivity contribution in [2.75, 3.05) is 18.5 Å². The van der Waals surface area contributed by atoms with Crippen molar-refractivity contribution in [1.29, 1.82) is 0 Å². The number of aromatic nitrogens is 1. The first-order valence-corrected chi connectivity index (χ1v) is 8.51. The van der Waals surface area contributed by atoms with Gasteiger partial charge in [0.2, 0.25) is 0 Å². The average molecular weight is 330 g/mol. The molecule has 0 spiro atoms. The minimum atomic E-state index is -0.847. The van der Waals surface area contributed by atoms with E-state index in [-0.39, 0.29) is 5.91 Å². The van der Waals surface area contributed by atoms with E-state index in [1.165, 1.54) is 0 Å². The van der Waals surface area contributed by atoms with Crippen molar-refractivity contribution < 1.29 is 14.3 Å². The summed E-state index contributed by atoms with van der Waals surface area (Å²) in [6, 6.07) is 7.49. The van der Waals surface area contributed by atoms with E-state index in [0.29, 0.717) is 25.3 Å². The number of nitrogens with one attached hydrogen (secondary N) is 1. The van der Waals surface area contributed by atoms with Gasteiger partial charge in [0.1, 0.15) is 16.9 Å². The van der Waals surface area contributed by atoms with Crippen LogP contribution in [0.4, 0.5) is 5.69 Å². The molecule has 0 aliphatic heterocycles. The number of carbonyl (C=O) groups excluding carboxylic acids is 1. The van der Waals surface area contributed by atoms with Crippen LogP contribution in [-0.2, 0) is 9.53 Å². The van der Waals surface area contributed by atoms with Gasteiger partial charge in [0.05, 0.1) is 12.3 Å². The van der Waals surface area contributed by atoms with Crippen LogP contribution in [0.1, 0.15) is 40.5 Å². The van der Waals surface area contributed by atoms with Gasteiger partial charge in [-0.3, -0.25) is 9.78 Å². The third kappa shape index (κ3) is 3.85. The van der Waals surface area contributed by atoms with Crippen LogP contribution in [0.3, 0.4) is 0 Å². The van der Waals surface area contributed by atoms with Crippen LogP contribution in [0.5, 0.6) is 5.75 Å². The lowest BCUT2D eigenvalue weighted by Crippen LogP contribution is -2.42. The van der Waals surface area contributed by atoms with E-state index < -0.39 is 5.60 Å². The number of ether oxygens (including phenoxy) is 2. The third-order valence-electron chi connectivity index (χ3n) is 4.06. The summed E-state index contributed by atoms with van der Waals surface area (Å²) in [5, 5.41) is 3.84. The van der Waals surface area contributed by atoms with Gasteiger partial charge in [-0.15, -0.1) is 0 Å². The maximum atomic E-state index is 12.7. The predicted octanol–water partition coefficient (Wildman–Crippen LogP) is 4.17. The van der Waals surface area contributed by atoms with Gasteiger partial charge in [-0.05, 0) is 51.0 Å². The Morgan fingerprint density at radius 3 is 2.71 bits per heavy atom. The fourth-order valence-electron chi connectivity index (χ4n) is 2.49. The molecule has 1 aromatic heterocycles. The van der Waals surface area contributed by atoms with Gasteiger partial charge in [-0.25, -0.2) is 0 Å². The summed E-state index contributed by atoms with van der Waals surface area (Å²) in [7, 11) is 0. The van der Waals surface area contributed by atoms with Crippen molar-refractivity contribution in [2.45, 2.75) is 46.1 Å². The van der Waals surface area contributed by atoms with Crippen molar-refractivity contribution in [3.05, 3.63) is 30.5 Å². The molecule has 0 saturated heterocycles. The summed E-state index contributed by atoms with van der Waals surface area (Å²) < 4.78 is 11.4. The molecular formula is C19H26N2O3. The molecule has 1 heterocycles. The highest BCUT2D eigenvalue weighted by atomic mass is 16.5. The van der Waals surface area contributed by atoms with Crippen LogP contribution in [0.25, 0.3) is 10.9 Å². The number of hydrogen-bond acceptors (Lipinski definition) is 4. The number of hydrogen-bond donors (Lipinski definition) is 1. The van der Waals surface area contributed by atoms with Crippen LogP contribution in [0.2, 0.25) is 0 Å². The molecular weight excluding hydrogens is 304 g/mol. The van der Waals surface area contributed by atoms with Gasteiger partial charge in [0, 0.05) is 18.2 Å².